The van der Waals surface area contributed by atoms with Gasteiger partial charge in [-0.25, -0.2) is 14.6 Å². The van der Waals surface area contributed by atoms with Crippen molar-refractivity contribution in [3.8, 4) is 28.7 Å². The van der Waals surface area contributed by atoms with E-state index in [0.29, 0.717) is 28.6 Å². The average Bonchev–Trinajstić information content (AvgIpc) is 3.54. The Kier molecular flexibility index (Phi) is 6.72. The first-order chi connectivity index (χ1) is 17.0. The fourth-order valence-electron chi connectivity index (χ4n) is 3.29. The van der Waals surface area contributed by atoms with Crippen molar-refractivity contribution in [3.63, 3.8) is 0 Å². The molecule has 1 aliphatic heterocycles. The van der Waals surface area contributed by atoms with Gasteiger partial charge >= 0.3 is 11.9 Å². The van der Waals surface area contributed by atoms with Gasteiger partial charge in [-0.05, 0) is 48.0 Å². The van der Waals surface area contributed by atoms with Crippen LogP contribution < -0.4 is 23.7 Å². The summed E-state index contributed by atoms with van der Waals surface area (Å²) in [7, 11) is 5.79. The molecule has 2 aromatic carbocycles. The predicted octanol–water partition coefficient (Wildman–Crippen LogP) is 3.88. The van der Waals surface area contributed by atoms with Crippen molar-refractivity contribution in [1.29, 1.82) is 0 Å². The van der Waals surface area contributed by atoms with Crippen LogP contribution in [-0.4, -0.2) is 46.3 Å². The zero-order valence-electron chi connectivity index (χ0n) is 19.3. The molecule has 0 bridgehead atoms. The van der Waals surface area contributed by atoms with Crippen LogP contribution in [0.25, 0.3) is 6.08 Å². The van der Waals surface area contributed by atoms with Gasteiger partial charge in [0.05, 0.1) is 40.3 Å². The molecule has 180 valence electrons. The normalized spacial score (nSPS) is 13.8. The zero-order valence-corrected chi connectivity index (χ0v) is 19.3. The molecule has 0 spiro atoms. The number of methoxy groups -OCH3 is 4. The number of cyclic esters (lactones) is 1. The van der Waals surface area contributed by atoms with Crippen LogP contribution in [0, 0.1) is 0 Å². The number of nitrogens with zero attached hydrogens (tertiary/aromatic N) is 1. The lowest BCUT2D eigenvalue weighted by atomic mass is 10.1. The number of benzene rings is 2. The van der Waals surface area contributed by atoms with Crippen LogP contribution in [0.15, 0.2) is 63.8 Å². The molecule has 3 aromatic rings. The standard InChI is InChI=1S/C25H21NO9/c1-29-19-11-14(10-16-25(28)35-23(26-16)18-6-5-9-33-18)7-8-17(19)34-24(27)15-12-20(30-2)22(32-4)21(13-15)31-3/h5-13H,1-4H3/b16-10+. The molecule has 0 amide bonds. The van der Waals surface area contributed by atoms with Crippen LogP contribution in [0.1, 0.15) is 21.7 Å². The number of rotatable bonds is 8. The molecule has 10 nitrogen and oxygen atoms in total. The van der Waals surface area contributed by atoms with E-state index in [9.17, 15) is 9.59 Å². The van der Waals surface area contributed by atoms with E-state index in [4.69, 9.17) is 32.8 Å². The molecule has 0 radical (unpaired) electrons. The summed E-state index contributed by atoms with van der Waals surface area (Å²) in [5.41, 5.74) is 0.840. The van der Waals surface area contributed by atoms with Crippen molar-refractivity contribution in [3.05, 3.63) is 71.3 Å². The van der Waals surface area contributed by atoms with E-state index in [0.717, 1.165) is 0 Å². The lowest BCUT2D eigenvalue weighted by Crippen LogP contribution is -2.10. The summed E-state index contributed by atoms with van der Waals surface area (Å²) in [6.45, 7) is 0. The van der Waals surface area contributed by atoms with Gasteiger partial charge in [-0.1, -0.05) is 6.07 Å². The van der Waals surface area contributed by atoms with E-state index < -0.39 is 11.9 Å². The molecular weight excluding hydrogens is 458 g/mol. The maximum Gasteiger partial charge on any atom is 0.363 e. The smallest absolute Gasteiger partial charge is 0.363 e. The molecule has 0 atom stereocenters. The van der Waals surface area contributed by atoms with Gasteiger partial charge in [-0.15, -0.1) is 0 Å². The Morgan fingerprint density at radius 2 is 1.60 bits per heavy atom. The predicted molar refractivity (Wildman–Crippen MR) is 123 cm³/mol. The van der Waals surface area contributed by atoms with Gasteiger partial charge in [0.2, 0.25) is 5.75 Å². The van der Waals surface area contributed by atoms with E-state index in [1.165, 1.54) is 52.9 Å². The highest BCUT2D eigenvalue weighted by molar-refractivity contribution is 6.11. The van der Waals surface area contributed by atoms with E-state index in [1.807, 2.05) is 0 Å². The van der Waals surface area contributed by atoms with E-state index in [1.54, 1.807) is 30.3 Å². The van der Waals surface area contributed by atoms with Gasteiger partial charge in [-0.2, -0.15) is 0 Å². The molecule has 2 heterocycles. The highest BCUT2D eigenvalue weighted by Gasteiger charge is 2.26. The lowest BCUT2D eigenvalue weighted by Gasteiger charge is -2.14. The van der Waals surface area contributed by atoms with Crippen LogP contribution in [-0.2, 0) is 9.53 Å². The molecule has 4 rings (SSSR count). The largest absolute Gasteiger partial charge is 0.493 e. The Morgan fingerprint density at radius 1 is 0.886 bits per heavy atom. The van der Waals surface area contributed by atoms with Gasteiger partial charge < -0.3 is 32.8 Å². The number of carbonyl (C=O) groups excluding carboxylic acids is 2. The molecule has 35 heavy (non-hydrogen) atoms. The number of furan rings is 1. The molecule has 1 aromatic heterocycles. The Balaban J connectivity index is 1.58. The zero-order chi connectivity index (χ0) is 24.9. The topological polar surface area (TPSA) is 115 Å². The third-order valence-corrected chi connectivity index (χ3v) is 4.95. The first-order valence-corrected chi connectivity index (χ1v) is 10.2. The SMILES string of the molecule is COc1cc(/C=C2/N=C(c3ccco3)OC2=O)ccc1OC(=O)c1cc(OC)c(OC)c(OC)c1. The minimum atomic E-state index is -0.666. The molecule has 0 N–H and O–H groups in total. The Hall–Kier alpha value is -4.73. The van der Waals surface area contributed by atoms with Crippen LogP contribution in [0.2, 0.25) is 0 Å². The van der Waals surface area contributed by atoms with E-state index in [-0.39, 0.29) is 28.7 Å². The Labute approximate surface area is 200 Å². The Morgan fingerprint density at radius 3 is 2.20 bits per heavy atom. The van der Waals surface area contributed by atoms with Crippen molar-refractivity contribution < 1.29 is 42.4 Å². The summed E-state index contributed by atoms with van der Waals surface area (Å²) >= 11 is 0. The van der Waals surface area contributed by atoms with Crippen LogP contribution in [0.3, 0.4) is 0 Å². The number of esters is 2. The molecule has 0 fully saturated rings. The van der Waals surface area contributed by atoms with Crippen LogP contribution in [0.4, 0.5) is 0 Å². The number of carbonyl (C=O) groups is 2. The van der Waals surface area contributed by atoms with Crippen molar-refractivity contribution in [1.82, 2.24) is 0 Å². The number of hydrogen-bond donors (Lipinski definition) is 0. The van der Waals surface area contributed by atoms with Crippen molar-refractivity contribution in [2.24, 2.45) is 4.99 Å². The maximum atomic E-state index is 12.8. The van der Waals surface area contributed by atoms with Gasteiger partial charge in [0.15, 0.2) is 34.5 Å². The monoisotopic (exact) mass is 479 g/mol. The van der Waals surface area contributed by atoms with E-state index >= 15 is 0 Å². The molecule has 0 aliphatic carbocycles. The second-order valence-corrected chi connectivity index (χ2v) is 7.03. The van der Waals surface area contributed by atoms with Gasteiger partial charge in [0.25, 0.3) is 5.90 Å². The number of aliphatic imine (C=N–C) groups is 1. The minimum absolute atomic E-state index is 0.0779. The van der Waals surface area contributed by atoms with Crippen molar-refractivity contribution in [2.75, 3.05) is 28.4 Å². The van der Waals surface area contributed by atoms with Crippen molar-refractivity contribution >= 4 is 23.9 Å². The summed E-state index contributed by atoms with van der Waals surface area (Å²) < 4.78 is 37.1. The van der Waals surface area contributed by atoms with Gasteiger partial charge in [-0.3, -0.25) is 0 Å². The molecule has 10 heteroatoms. The molecule has 0 saturated carbocycles. The fraction of sp³-hybridized carbons (Fsp3) is 0.160. The lowest BCUT2D eigenvalue weighted by molar-refractivity contribution is -0.130. The first kappa shape index (κ1) is 23.4. The fourth-order valence-corrected chi connectivity index (χ4v) is 3.29. The highest BCUT2D eigenvalue weighted by atomic mass is 16.6. The van der Waals surface area contributed by atoms with Crippen LogP contribution in [0.5, 0.6) is 28.7 Å². The highest BCUT2D eigenvalue weighted by Crippen LogP contribution is 2.39. The minimum Gasteiger partial charge on any atom is -0.493 e. The number of hydrogen-bond acceptors (Lipinski definition) is 10. The second kappa shape index (κ2) is 10.0. The maximum absolute atomic E-state index is 12.8. The molecule has 0 unspecified atom stereocenters. The first-order valence-electron chi connectivity index (χ1n) is 10.2. The quantitative estimate of drug-likeness (QED) is 0.270. The summed E-state index contributed by atoms with van der Waals surface area (Å²) in [4.78, 5) is 29.2. The third kappa shape index (κ3) is 4.81. The summed E-state index contributed by atoms with van der Waals surface area (Å²) in [5, 5.41) is 0. The van der Waals surface area contributed by atoms with Gasteiger partial charge in [0, 0.05) is 0 Å². The van der Waals surface area contributed by atoms with Crippen molar-refractivity contribution in [2.45, 2.75) is 0 Å². The molecule has 0 saturated heterocycles. The van der Waals surface area contributed by atoms with E-state index in [2.05, 4.69) is 4.99 Å². The third-order valence-electron chi connectivity index (χ3n) is 4.95. The number of ether oxygens (including phenoxy) is 6. The van der Waals surface area contributed by atoms with Crippen LogP contribution >= 0.6 is 0 Å². The second-order valence-electron chi connectivity index (χ2n) is 7.03. The summed E-state index contributed by atoms with van der Waals surface area (Å²) in [5.74, 6) is 0.543. The summed E-state index contributed by atoms with van der Waals surface area (Å²) in [6.07, 6.45) is 2.97. The summed E-state index contributed by atoms with van der Waals surface area (Å²) in [6, 6.07) is 11.0. The molecule has 1 aliphatic rings. The Bertz CT molecular complexity index is 1300. The molecular formula is C25H21NO9. The van der Waals surface area contributed by atoms with Gasteiger partial charge in [0.1, 0.15) is 0 Å². The average molecular weight is 479 g/mol.